The molecule has 4 nitrogen and oxygen atoms in total. The molecule has 0 saturated carbocycles. The summed E-state index contributed by atoms with van der Waals surface area (Å²) in [7, 11) is 1.79. The molecule has 112 valence electrons. The number of hydrogen-bond donors (Lipinski definition) is 1. The molecule has 6 heteroatoms. The van der Waals surface area contributed by atoms with Crippen molar-refractivity contribution in [2.24, 2.45) is 0 Å². The van der Waals surface area contributed by atoms with Crippen LogP contribution in [0.25, 0.3) is 0 Å². The zero-order valence-corrected chi connectivity index (χ0v) is 13.2. The standard InChI is InChI=1S/C14H19ClN2O2.ClH/c1-10(11-5-3-4-6-12(11)15)17(2)14(18)13-9-16-7-8-19-13;/h3-6,10,13,16H,7-9H2,1-2H3;1H. The van der Waals surface area contributed by atoms with Gasteiger partial charge in [0.25, 0.3) is 5.91 Å². The Morgan fingerprint density at radius 3 is 2.80 bits per heavy atom. The van der Waals surface area contributed by atoms with Gasteiger partial charge in [-0.05, 0) is 18.6 Å². The van der Waals surface area contributed by atoms with E-state index in [1.807, 2.05) is 31.2 Å². The summed E-state index contributed by atoms with van der Waals surface area (Å²) >= 11 is 6.17. The molecule has 0 spiro atoms. The van der Waals surface area contributed by atoms with Crippen molar-refractivity contribution >= 4 is 29.9 Å². The van der Waals surface area contributed by atoms with E-state index in [0.29, 0.717) is 18.2 Å². The molecule has 1 N–H and O–H groups in total. The second-order valence-electron chi connectivity index (χ2n) is 4.71. The Labute approximate surface area is 130 Å². The van der Waals surface area contributed by atoms with Crippen molar-refractivity contribution in [3.05, 3.63) is 34.9 Å². The average Bonchev–Trinajstić information content (AvgIpc) is 2.46. The van der Waals surface area contributed by atoms with Crippen molar-refractivity contribution in [1.29, 1.82) is 0 Å². The van der Waals surface area contributed by atoms with Crippen molar-refractivity contribution < 1.29 is 9.53 Å². The van der Waals surface area contributed by atoms with Gasteiger partial charge in [-0.3, -0.25) is 4.79 Å². The van der Waals surface area contributed by atoms with Gasteiger partial charge >= 0.3 is 0 Å². The molecule has 20 heavy (non-hydrogen) atoms. The lowest BCUT2D eigenvalue weighted by Gasteiger charge is -2.31. The Hall–Kier alpha value is -0.810. The van der Waals surface area contributed by atoms with E-state index in [1.165, 1.54) is 0 Å². The van der Waals surface area contributed by atoms with E-state index < -0.39 is 6.10 Å². The maximum Gasteiger partial charge on any atom is 0.253 e. The Kier molecular flexibility index (Phi) is 6.76. The summed E-state index contributed by atoms with van der Waals surface area (Å²) in [5, 5.41) is 3.84. The molecule has 2 atom stereocenters. The molecule has 1 heterocycles. The van der Waals surface area contributed by atoms with Crippen molar-refractivity contribution in [3.8, 4) is 0 Å². The number of carbonyl (C=O) groups excluding carboxylic acids is 1. The van der Waals surface area contributed by atoms with Gasteiger partial charge in [-0.25, -0.2) is 0 Å². The molecule has 1 aromatic rings. The van der Waals surface area contributed by atoms with E-state index in [1.54, 1.807) is 11.9 Å². The maximum absolute atomic E-state index is 12.3. The molecule has 1 aliphatic heterocycles. The lowest BCUT2D eigenvalue weighted by Crippen LogP contribution is -2.48. The van der Waals surface area contributed by atoms with E-state index in [4.69, 9.17) is 16.3 Å². The number of morpholine rings is 1. The molecular formula is C14H20Cl2N2O2. The number of ether oxygens (including phenoxy) is 1. The fourth-order valence-electron chi connectivity index (χ4n) is 2.16. The minimum atomic E-state index is -0.399. The molecule has 1 fully saturated rings. The van der Waals surface area contributed by atoms with Gasteiger partial charge in [-0.15, -0.1) is 12.4 Å². The summed E-state index contributed by atoms with van der Waals surface area (Å²) in [6.07, 6.45) is -0.399. The predicted octanol–water partition coefficient (Wildman–Crippen LogP) is 2.27. The van der Waals surface area contributed by atoms with Crippen LogP contribution >= 0.6 is 24.0 Å². The molecule has 1 aromatic carbocycles. The molecule has 2 rings (SSSR count). The smallest absolute Gasteiger partial charge is 0.253 e. The highest BCUT2D eigenvalue weighted by Crippen LogP contribution is 2.26. The van der Waals surface area contributed by atoms with E-state index in [2.05, 4.69) is 5.32 Å². The molecule has 0 bridgehead atoms. The SMILES string of the molecule is CC(c1ccccc1Cl)N(C)C(=O)C1CNCCO1.Cl. The summed E-state index contributed by atoms with van der Waals surface area (Å²) in [5.74, 6) is -0.0142. The number of amides is 1. The van der Waals surface area contributed by atoms with Crippen LogP contribution in [-0.2, 0) is 9.53 Å². The van der Waals surface area contributed by atoms with Crippen LogP contribution in [-0.4, -0.2) is 43.7 Å². The number of nitrogens with one attached hydrogen (secondary N) is 1. The molecule has 0 radical (unpaired) electrons. The van der Waals surface area contributed by atoms with Crippen LogP contribution in [0.3, 0.4) is 0 Å². The first-order valence-electron chi connectivity index (χ1n) is 6.44. The quantitative estimate of drug-likeness (QED) is 0.929. The predicted molar refractivity (Wildman–Crippen MR) is 82.5 cm³/mol. The number of likely N-dealkylation sites (N-methyl/N-ethyl adjacent to an activating group) is 1. The minimum absolute atomic E-state index is 0. The van der Waals surface area contributed by atoms with Gasteiger partial charge in [0, 0.05) is 25.2 Å². The molecule has 1 amide bonds. The lowest BCUT2D eigenvalue weighted by atomic mass is 10.1. The Bertz CT molecular complexity index is 451. The monoisotopic (exact) mass is 318 g/mol. The minimum Gasteiger partial charge on any atom is -0.366 e. The van der Waals surface area contributed by atoms with Crippen LogP contribution in [0, 0.1) is 0 Å². The van der Waals surface area contributed by atoms with Gasteiger partial charge < -0.3 is 15.0 Å². The first-order valence-corrected chi connectivity index (χ1v) is 6.82. The third kappa shape index (κ3) is 3.85. The van der Waals surface area contributed by atoms with Crippen LogP contribution in [0.1, 0.15) is 18.5 Å². The van der Waals surface area contributed by atoms with E-state index >= 15 is 0 Å². The van der Waals surface area contributed by atoms with Gasteiger partial charge in [0.15, 0.2) is 0 Å². The summed E-state index contributed by atoms with van der Waals surface area (Å²) in [5.41, 5.74) is 0.948. The van der Waals surface area contributed by atoms with Gasteiger partial charge in [-0.1, -0.05) is 29.8 Å². The Balaban J connectivity index is 0.00000200. The van der Waals surface area contributed by atoms with Gasteiger partial charge in [0.2, 0.25) is 0 Å². The normalized spacial score (nSPS) is 19.9. The topological polar surface area (TPSA) is 41.6 Å². The summed E-state index contributed by atoms with van der Waals surface area (Å²) in [6, 6.07) is 7.51. The Morgan fingerprint density at radius 2 is 2.20 bits per heavy atom. The van der Waals surface area contributed by atoms with Crippen molar-refractivity contribution in [2.75, 3.05) is 26.7 Å². The fourth-order valence-corrected chi connectivity index (χ4v) is 2.46. The second-order valence-corrected chi connectivity index (χ2v) is 5.12. The molecule has 2 unspecified atom stereocenters. The zero-order chi connectivity index (χ0) is 13.8. The fraction of sp³-hybridized carbons (Fsp3) is 0.500. The Morgan fingerprint density at radius 1 is 1.50 bits per heavy atom. The van der Waals surface area contributed by atoms with Crippen molar-refractivity contribution in [1.82, 2.24) is 10.2 Å². The summed E-state index contributed by atoms with van der Waals surface area (Å²) < 4.78 is 5.49. The van der Waals surface area contributed by atoms with E-state index in [0.717, 1.165) is 12.1 Å². The number of carbonyl (C=O) groups is 1. The maximum atomic E-state index is 12.3. The number of rotatable bonds is 3. The third-order valence-electron chi connectivity index (χ3n) is 3.49. The number of benzene rings is 1. The van der Waals surface area contributed by atoms with Crippen LogP contribution in [0.4, 0.5) is 0 Å². The highest BCUT2D eigenvalue weighted by atomic mass is 35.5. The third-order valence-corrected chi connectivity index (χ3v) is 3.83. The van der Waals surface area contributed by atoms with Gasteiger partial charge in [-0.2, -0.15) is 0 Å². The molecule has 0 aromatic heterocycles. The second kappa shape index (κ2) is 7.84. The summed E-state index contributed by atoms with van der Waals surface area (Å²) in [4.78, 5) is 14.0. The first-order chi connectivity index (χ1) is 9.11. The van der Waals surface area contributed by atoms with Crippen LogP contribution < -0.4 is 5.32 Å². The number of nitrogens with zero attached hydrogens (tertiary/aromatic N) is 1. The first kappa shape index (κ1) is 17.2. The highest BCUT2D eigenvalue weighted by Gasteiger charge is 2.28. The highest BCUT2D eigenvalue weighted by molar-refractivity contribution is 6.31. The summed E-state index contributed by atoms with van der Waals surface area (Å²) in [6.45, 7) is 3.91. The van der Waals surface area contributed by atoms with E-state index in [-0.39, 0.29) is 24.4 Å². The average molecular weight is 319 g/mol. The molecule has 1 saturated heterocycles. The van der Waals surface area contributed by atoms with Crippen LogP contribution in [0.2, 0.25) is 5.02 Å². The lowest BCUT2D eigenvalue weighted by molar-refractivity contribution is -0.145. The van der Waals surface area contributed by atoms with Crippen molar-refractivity contribution in [3.63, 3.8) is 0 Å². The van der Waals surface area contributed by atoms with Gasteiger partial charge in [0.05, 0.1) is 12.6 Å². The van der Waals surface area contributed by atoms with E-state index in [9.17, 15) is 4.79 Å². The van der Waals surface area contributed by atoms with Crippen LogP contribution in [0.5, 0.6) is 0 Å². The van der Waals surface area contributed by atoms with Crippen LogP contribution in [0.15, 0.2) is 24.3 Å². The number of hydrogen-bond acceptors (Lipinski definition) is 3. The number of halogens is 2. The molecular weight excluding hydrogens is 299 g/mol. The van der Waals surface area contributed by atoms with Crippen molar-refractivity contribution in [2.45, 2.75) is 19.1 Å². The molecule has 1 aliphatic rings. The molecule has 0 aliphatic carbocycles. The zero-order valence-electron chi connectivity index (χ0n) is 11.6. The van der Waals surface area contributed by atoms with Gasteiger partial charge in [0.1, 0.15) is 6.10 Å². The largest absolute Gasteiger partial charge is 0.366 e.